The molecule has 1 spiro atoms. The highest BCUT2D eigenvalue weighted by Gasteiger charge is 2.54. The third kappa shape index (κ3) is 5.53. The second-order valence-electron chi connectivity index (χ2n) is 20.7. The highest BCUT2D eigenvalue weighted by atomic mass is 32.2. The molecule has 3 aliphatic carbocycles. The van der Waals surface area contributed by atoms with E-state index in [9.17, 15) is 0 Å². The van der Waals surface area contributed by atoms with Crippen molar-refractivity contribution in [1.82, 2.24) is 4.57 Å². The molecule has 0 fully saturated rings. The molecule has 4 heteroatoms. The largest absolute Gasteiger partial charge is 0.453 e. The van der Waals surface area contributed by atoms with Gasteiger partial charge in [0.1, 0.15) is 5.75 Å². The molecule has 0 unspecified atom stereocenters. The van der Waals surface area contributed by atoms with Gasteiger partial charge in [0.15, 0.2) is 5.75 Å². The van der Waals surface area contributed by atoms with Crippen molar-refractivity contribution in [1.29, 1.82) is 0 Å². The predicted molar refractivity (Wildman–Crippen MR) is 305 cm³/mol. The maximum Gasteiger partial charge on any atom is 0.166 e. The van der Waals surface area contributed by atoms with E-state index in [1.54, 1.807) is 0 Å². The molecule has 1 aliphatic heterocycles. The van der Waals surface area contributed by atoms with Crippen molar-refractivity contribution in [2.24, 2.45) is 0 Å². The molecule has 12 aromatic rings. The number of fused-ring (bicyclic) bond motifs is 19. The van der Waals surface area contributed by atoms with Crippen LogP contribution in [0.1, 0.15) is 47.2 Å². The molecule has 4 aliphatic rings. The molecule has 0 saturated carbocycles. The van der Waals surface area contributed by atoms with Gasteiger partial charge in [0.25, 0.3) is 0 Å². The van der Waals surface area contributed by atoms with Crippen LogP contribution in [0.5, 0.6) is 11.5 Å². The van der Waals surface area contributed by atoms with Crippen LogP contribution in [0.3, 0.4) is 0 Å². The first-order chi connectivity index (χ1) is 36.5. The second kappa shape index (κ2) is 15.3. The van der Waals surface area contributed by atoms with Crippen molar-refractivity contribution < 1.29 is 4.74 Å². The van der Waals surface area contributed by atoms with E-state index in [0.717, 1.165) is 55.1 Å². The number of anilines is 3. The van der Waals surface area contributed by atoms with E-state index in [1.165, 1.54) is 88.7 Å². The van der Waals surface area contributed by atoms with E-state index in [1.807, 2.05) is 11.8 Å². The number of para-hydroxylation sites is 4. The molecule has 3 nitrogen and oxygen atoms in total. The summed E-state index contributed by atoms with van der Waals surface area (Å²) in [5.74, 6) is 1.76. The molecular weight excluding hydrogens is 917 g/mol. The maximum atomic E-state index is 7.32. The van der Waals surface area contributed by atoms with Crippen LogP contribution >= 0.6 is 11.8 Å². The fraction of sp³-hybridized carbons (Fsp3) is 0.0571. The first-order valence-electron chi connectivity index (χ1n) is 25.7. The molecule has 2 heterocycles. The van der Waals surface area contributed by atoms with Crippen LogP contribution in [0.2, 0.25) is 0 Å². The summed E-state index contributed by atoms with van der Waals surface area (Å²) in [7, 11) is 0. The highest BCUT2D eigenvalue weighted by Crippen LogP contribution is 2.68. The smallest absolute Gasteiger partial charge is 0.166 e. The Kier molecular flexibility index (Phi) is 8.66. The van der Waals surface area contributed by atoms with Gasteiger partial charge >= 0.3 is 0 Å². The minimum Gasteiger partial charge on any atom is -0.453 e. The Morgan fingerprint density at radius 1 is 0.419 bits per heavy atom. The van der Waals surface area contributed by atoms with Crippen LogP contribution in [-0.4, -0.2) is 4.57 Å². The fourth-order valence-corrected chi connectivity index (χ4v) is 14.7. The van der Waals surface area contributed by atoms with Gasteiger partial charge < -0.3 is 14.2 Å². The monoisotopic (exact) mass is 962 g/mol. The van der Waals surface area contributed by atoms with Crippen LogP contribution in [0.25, 0.3) is 72.0 Å². The summed E-state index contributed by atoms with van der Waals surface area (Å²) in [6.07, 6.45) is 0. The Bertz CT molecular complexity index is 4270. The van der Waals surface area contributed by atoms with Crippen molar-refractivity contribution in [3.05, 3.63) is 276 Å². The fourth-order valence-electron chi connectivity index (χ4n) is 13.5. The molecule has 0 amide bonds. The lowest BCUT2D eigenvalue weighted by Crippen LogP contribution is -2.26. The van der Waals surface area contributed by atoms with Gasteiger partial charge in [0, 0.05) is 38.7 Å². The number of hydrogen-bond donors (Lipinski definition) is 0. The van der Waals surface area contributed by atoms with Gasteiger partial charge in [-0.05, 0) is 127 Å². The van der Waals surface area contributed by atoms with E-state index in [-0.39, 0.29) is 5.41 Å². The van der Waals surface area contributed by atoms with Crippen molar-refractivity contribution in [2.75, 3.05) is 4.90 Å². The van der Waals surface area contributed by atoms with Gasteiger partial charge in [-0.3, -0.25) is 0 Å². The van der Waals surface area contributed by atoms with Crippen LogP contribution in [0.15, 0.2) is 252 Å². The molecule has 74 heavy (non-hydrogen) atoms. The normalized spacial score (nSPS) is 14.4. The lowest BCUT2D eigenvalue weighted by atomic mass is 9.70. The summed E-state index contributed by atoms with van der Waals surface area (Å²) >= 11 is 1.84. The number of aromatic nitrogens is 1. The minimum atomic E-state index is -0.680. The quantitative estimate of drug-likeness (QED) is 0.171. The SMILES string of the molecule is CC1(C)c2ccccc2-c2ccc(N(c3ccc4c(c3)C3(c5ccccc5-c5ccccc53)c3cc(-n5c6ccccc6c6ccccc65)c5c(c3-4)Sc3ccccc3O5)c3ccccc3-c3ccccc3)cc21. The summed E-state index contributed by atoms with van der Waals surface area (Å²) in [6.45, 7) is 4.76. The van der Waals surface area contributed by atoms with Crippen molar-refractivity contribution in [3.63, 3.8) is 0 Å². The Morgan fingerprint density at radius 2 is 0.946 bits per heavy atom. The zero-order valence-corrected chi connectivity index (χ0v) is 41.6. The molecule has 0 bridgehead atoms. The van der Waals surface area contributed by atoms with E-state index < -0.39 is 5.41 Å². The minimum absolute atomic E-state index is 0.182. The topological polar surface area (TPSA) is 17.4 Å². The van der Waals surface area contributed by atoms with Crippen LogP contribution < -0.4 is 9.64 Å². The number of nitrogens with zero attached hydrogens (tertiary/aromatic N) is 2. The summed E-state index contributed by atoms with van der Waals surface area (Å²) in [6, 6.07) is 90.2. The van der Waals surface area contributed by atoms with Crippen molar-refractivity contribution in [2.45, 2.75) is 34.5 Å². The Labute approximate surface area is 434 Å². The predicted octanol–water partition coefficient (Wildman–Crippen LogP) is 18.8. The average Bonchev–Trinajstić information content (AvgIpc) is 4.21. The molecule has 0 atom stereocenters. The zero-order chi connectivity index (χ0) is 48.9. The van der Waals surface area contributed by atoms with Crippen molar-refractivity contribution >= 4 is 50.6 Å². The zero-order valence-electron chi connectivity index (χ0n) is 40.8. The molecule has 348 valence electrons. The van der Waals surface area contributed by atoms with E-state index in [0.29, 0.717) is 0 Å². The van der Waals surface area contributed by atoms with Gasteiger partial charge in [0.2, 0.25) is 0 Å². The van der Waals surface area contributed by atoms with E-state index in [4.69, 9.17) is 4.74 Å². The molecule has 0 N–H and O–H groups in total. The maximum absolute atomic E-state index is 7.32. The Hall–Kier alpha value is -8.83. The van der Waals surface area contributed by atoms with Gasteiger partial charge in [0.05, 0.1) is 37.6 Å². The van der Waals surface area contributed by atoms with Crippen molar-refractivity contribution in [3.8, 4) is 61.7 Å². The molecule has 1 aromatic heterocycles. The Morgan fingerprint density at radius 3 is 1.65 bits per heavy atom. The van der Waals surface area contributed by atoms with Gasteiger partial charge in [-0.2, -0.15) is 0 Å². The lowest BCUT2D eigenvalue weighted by molar-refractivity contribution is 0.453. The van der Waals surface area contributed by atoms with E-state index in [2.05, 4.69) is 266 Å². The van der Waals surface area contributed by atoms with Gasteiger partial charge in [-0.15, -0.1) is 0 Å². The third-order valence-electron chi connectivity index (χ3n) is 16.7. The number of hydrogen-bond acceptors (Lipinski definition) is 3. The van der Waals surface area contributed by atoms with Crippen LogP contribution in [-0.2, 0) is 10.8 Å². The molecule has 11 aromatic carbocycles. The third-order valence-corrected chi connectivity index (χ3v) is 17.8. The van der Waals surface area contributed by atoms with Crippen LogP contribution in [0.4, 0.5) is 17.1 Å². The summed E-state index contributed by atoms with van der Waals surface area (Å²) in [5.41, 5.74) is 23.6. The Balaban J connectivity index is 1.02. The van der Waals surface area contributed by atoms with E-state index >= 15 is 0 Å². The molecule has 16 rings (SSSR count). The second-order valence-corrected chi connectivity index (χ2v) is 21.7. The highest BCUT2D eigenvalue weighted by molar-refractivity contribution is 7.99. The number of benzene rings is 11. The number of ether oxygens (including phenoxy) is 1. The van der Waals surface area contributed by atoms with Gasteiger partial charge in [-0.1, -0.05) is 208 Å². The summed E-state index contributed by atoms with van der Waals surface area (Å²) in [5, 5.41) is 2.44. The van der Waals surface area contributed by atoms with Gasteiger partial charge in [-0.25, -0.2) is 0 Å². The van der Waals surface area contributed by atoms with Crippen LogP contribution in [0, 0.1) is 0 Å². The molecule has 0 radical (unpaired) electrons. The average molecular weight is 963 g/mol. The first kappa shape index (κ1) is 41.8. The summed E-state index contributed by atoms with van der Waals surface area (Å²) < 4.78 is 9.78. The number of rotatable bonds is 5. The molecule has 0 saturated heterocycles. The standard InChI is InChI=1S/C70H46N2OS/c1-69(2)54-28-12-6-23-47(54)50-38-36-44(40-57(50)69)71(60-31-15-9-22-46(60)43-20-4-3-5-21-43)45-37-39-53-58(41-45)70(55-29-13-7-24-48(55)49-25-8-14-30-56(49)70)59-42-63(67-68(66(53)59)74-65-35-19-18-34-64(65)73-67)72-61-32-16-10-26-51(61)52-27-11-17-33-62(52)72/h3-42H,1-2H3. The molecular formula is C70H46N2OS. The summed E-state index contributed by atoms with van der Waals surface area (Å²) in [4.78, 5) is 4.77. The first-order valence-corrected chi connectivity index (χ1v) is 26.5. The lowest BCUT2D eigenvalue weighted by Gasteiger charge is -2.34.